The van der Waals surface area contributed by atoms with Gasteiger partial charge in [-0.05, 0) is 83.7 Å². The van der Waals surface area contributed by atoms with Crippen LogP contribution in [-0.2, 0) is 47.8 Å². The maximum Gasteiger partial charge on any atom is 0.342 e. The molecule has 0 saturated heterocycles. The van der Waals surface area contributed by atoms with E-state index in [2.05, 4.69) is 0 Å². The molecule has 214 valence electrons. The van der Waals surface area contributed by atoms with Gasteiger partial charge in [-0.1, -0.05) is 65.8 Å². The van der Waals surface area contributed by atoms with Gasteiger partial charge in [-0.2, -0.15) is 4.89 Å². The third kappa shape index (κ3) is 8.21. The lowest BCUT2D eigenvalue weighted by Gasteiger charge is -2.23. The number of phenolic OH excluding ortho intramolecular Hbond substituents is 2. The summed E-state index contributed by atoms with van der Waals surface area (Å²) < 4.78 is 5.67. The van der Waals surface area contributed by atoms with Crippen molar-refractivity contribution < 1.29 is 34.3 Å². The monoisotopic (exact) mass is 540 g/mol. The Bertz CT molecular complexity index is 1210. The Morgan fingerprint density at radius 3 is 1.62 bits per heavy atom. The molecular weight excluding hydrogens is 496 g/mol. The van der Waals surface area contributed by atoms with E-state index in [-0.39, 0.29) is 42.0 Å². The molecular formula is C32H44O7. The van der Waals surface area contributed by atoms with Crippen molar-refractivity contribution in [2.24, 2.45) is 0 Å². The summed E-state index contributed by atoms with van der Waals surface area (Å²) in [6.07, 6.45) is 2.61. The topological polar surface area (TPSA) is 102 Å². The second-order valence-corrected chi connectivity index (χ2v) is 13.0. The molecule has 7 nitrogen and oxygen atoms in total. The highest BCUT2D eigenvalue weighted by Crippen LogP contribution is 2.40. The number of aromatic hydroxyl groups is 2. The standard InChI is InChI=1S/C32H44O7/c1-20-15-22(17-24(28(20)35)30(3,4)5)9-11-26(33)38-32(13-14-32)19-37-39-27(34)12-10-23-16-21(2)29(36)25(18-23)31(6,7)8/h15-18,35-36H,9-14,19H2,1-8H3. The number of rotatable bonds is 10. The summed E-state index contributed by atoms with van der Waals surface area (Å²) >= 11 is 0. The second kappa shape index (κ2) is 11.6. The average Bonchev–Trinajstić information content (AvgIpc) is 3.57. The number of carbonyl (C=O) groups is 2. The fourth-order valence-corrected chi connectivity index (χ4v) is 4.59. The Morgan fingerprint density at radius 2 is 1.21 bits per heavy atom. The number of hydrogen-bond acceptors (Lipinski definition) is 7. The first-order valence-corrected chi connectivity index (χ1v) is 13.7. The number of aryl methyl sites for hydroxylation is 4. The molecule has 0 radical (unpaired) electrons. The van der Waals surface area contributed by atoms with Crippen LogP contribution in [0.2, 0.25) is 0 Å². The number of carbonyl (C=O) groups excluding carboxylic acids is 2. The summed E-state index contributed by atoms with van der Waals surface area (Å²) in [6.45, 7) is 15.9. The van der Waals surface area contributed by atoms with Crippen molar-refractivity contribution in [2.75, 3.05) is 6.61 Å². The molecule has 2 aromatic rings. The van der Waals surface area contributed by atoms with E-state index in [1.54, 1.807) is 0 Å². The quantitative estimate of drug-likeness (QED) is 0.203. The van der Waals surface area contributed by atoms with Gasteiger partial charge >= 0.3 is 11.9 Å². The van der Waals surface area contributed by atoms with Gasteiger partial charge in [-0.3, -0.25) is 9.68 Å². The predicted octanol–water partition coefficient (Wildman–Crippen LogP) is 6.43. The maximum absolute atomic E-state index is 12.6. The van der Waals surface area contributed by atoms with E-state index < -0.39 is 11.6 Å². The minimum Gasteiger partial charge on any atom is -0.507 e. The van der Waals surface area contributed by atoms with Crippen LogP contribution in [0.5, 0.6) is 11.5 Å². The molecule has 0 aliphatic heterocycles. The summed E-state index contributed by atoms with van der Waals surface area (Å²) in [5, 5.41) is 20.8. The van der Waals surface area contributed by atoms with Crippen LogP contribution in [0, 0.1) is 13.8 Å². The van der Waals surface area contributed by atoms with Crippen LogP contribution >= 0.6 is 0 Å². The third-order valence-electron chi connectivity index (χ3n) is 7.18. The summed E-state index contributed by atoms with van der Waals surface area (Å²) in [6, 6.07) is 7.66. The third-order valence-corrected chi connectivity index (χ3v) is 7.18. The van der Waals surface area contributed by atoms with Gasteiger partial charge in [0.2, 0.25) is 0 Å². The van der Waals surface area contributed by atoms with Crippen LogP contribution in [-0.4, -0.2) is 34.4 Å². The van der Waals surface area contributed by atoms with Gasteiger partial charge in [-0.25, -0.2) is 4.79 Å². The zero-order chi connectivity index (χ0) is 29.2. The Balaban J connectivity index is 1.45. The summed E-state index contributed by atoms with van der Waals surface area (Å²) in [5.41, 5.74) is 4.00. The van der Waals surface area contributed by atoms with Gasteiger partial charge < -0.3 is 14.9 Å². The first-order chi connectivity index (χ1) is 18.0. The average molecular weight is 541 g/mol. The van der Waals surface area contributed by atoms with Crippen molar-refractivity contribution >= 4 is 11.9 Å². The lowest BCUT2D eigenvalue weighted by atomic mass is 9.83. The summed E-state index contributed by atoms with van der Waals surface area (Å²) in [5.74, 6) is -0.250. The minimum absolute atomic E-state index is 0.00343. The molecule has 7 heteroatoms. The lowest BCUT2D eigenvalue weighted by Crippen LogP contribution is -2.26. The van der Waals surface area contributed by atoms with E-state index >= 15 is 0 Å². The molecule has 0 bridgehead atoms. The van der Waals surface area contributed by atoms with Crippen molar-refractivity contribution in [3.05, 3.63) is 57.6 Å². The number of phenols is 2. The molecule has 39 heavy (non-hydrogen) atoms. The van der Waals surface area contributed by atoms with E-state index in [9.17, 15) is 19.8 Å². The number of hydrogen-bond donors (Lipinski definition) is 2. The van der Waals surface area contributed by atoms with Crippen LogP contribution in [0.25, 0.3) is 0 Å². The van der Waals surface area contributed by atoms with Gasteiger partial charge in [-0.15, -0.1) is 0 Å². The highest BCUT2D eigenvalue weighted by molar-refractivity contribution is 5.71. The summed E-state index contributed by atoms with van der Waals surface area (Å²) in [4.78, 5) is 35.0. The minimum atomic E-state index is -0.742. The molecule has 2 aromatic carbocycles. The molecule has 1 aliphatic carbocycles. The van der Waals surface area contributed by atoms with E-state index in [0.717, 1.165) is 33.4 Å². The van der Waals surface area contributed by atoms with Crippen LogP contribution in [0.4, 0.5) is 0 Å². The van der Waals surface area contributed by atoms with Crippen LogP contribution in [0.1, 0.15) is 101 Å². The van der Waals surface area contributed by atoms with Crippen molar-refractivity contribution in [3.63, 3.8) is 0 Å². The first kappa shape index (κ1) is 30.5. The number of ether oxygens (including phenoxy) is 1. The molecule has 1 fully saturated rings. The SMILES string of the molecule is Cc1cc(CCC(=O)OOCC2(OC(=O)CCc3cc(C)c(O)c(C(C)(C)C)c3)CC2)cc(C(C)(C)C)c1O. The van der Waals surface area contributed by atoms with E-state index in [1.807, 2.05) is 79.7 Å². The predicted molar refractivity (Wildman–Crippen MR) is 150 cm³/mol. The Labute approximate surface area is 232 Å². The highest BCUT2D eigenvalue weighted by atomic mass is 17.2. The van der Waals surface area contributed by atoms with Crippen molar-refractivity contribution in [2.45, 2.75) is 110 Å². The normalized spacial score (nSPS) is 14.7. The summed E-state index contributed by atoms with van der Waals surface area (Å²) in [7, 11) is 0. The Hall–Kier alpha value is -3.06. The smallest absolute Gasteiger partial charge is 0.342 e. The Kier molecular flexibility index (Phi) is 9.06. The zero-order valence-corrected chi connectivity index (χ0v) is 24.7. The molecule has 0 atom stereocenters. The van der Waals surface area contributed by atoms with Gasteiger partial charge in [0.1, 0.15) is 23.7 Å². The fraction of sp³-hybridized carbons (Fsp3) is 0.562. The van der Waals surface area contributed by atoms with Gasteiger partial charge in [0.15, 0.2) is 0 Å². The first-order valence-electron chi connectivity index (χ1n) is 13.7. The molecule has 1 saturated carbocycles. The fourth-order valence-electron chi connectivity index (χ4n) is 4.59. The van der Waals surface area contributed by atoms with Crippen LogP contribution in [0.3, 0.4) is 0 Å². The molecule has 0 spiro atoms. The van der Waals surface area contributed by atoms with E-state index in [1.165, 1.54) is 0 Å². The Morgan fingerprint density at radius 1 is 0.769 bits per heavy atom. The molecule has 0 amide bonds. The van der Waals surface area contributed by atoms with Crippen LogP contribution < -0.4 is 0 Å². The van der Waals surface area contributed by atoms with Crippen molar-refractivity contribution in [1.29, 1.82) is 0 Å². The number of esters is 1. The molecule has 0 unspecified atom stereocenters. The van der Waals surface area contributed by atoms with E-state index in [0.29, 0.717) is 31.4 Å². The molecule has 0 aromatic heterocycles. The van der Waals surface area contributed by atoms with Crippen molar-refractivity contribution in [1.82, 2.24) is 0 Å². The number of benzene rings is 2. The molecule has 0 heterocycles. The van der Waals surface area contributed by atoms with E-state index in [4.69, 9.17) is 14.5 Å². The molecule has 2 N–H and O–H groups in total. The van der Waals surface area contributed by atoms with Gasteiger partial charge in [0.25, 0.3) is 0 Å². The molecule has 1 aliphatic rings. The second-order valence-electron chi connectivity index (χ2n) is 13.0. The molecule has 3 rings (SSSR count). The van der Waals surface area contributed by atoms with Gasteiger partial charge in [0.05, 0.1) is 6.42 Å². The van der Waals surface area contributed by atoms with Gasteiger partial charge in [0, 0.05) is 6.42 Å². The van der Waals surface area contributed by atoms with Crippen molar-refractivity contribution in [3.8, 4) is 11.5 Å². The van der Waals surface area contributed by atoms with Crippen LogP contribution in [0.15, 0.2) is 24.3 Å². The lowest BCUT2D eigenvalue weighted by molar-refractivity contribution is -0.285. The maximum atomic E-state index is 12.6. The zero-order valence-electron chi connectivity index (χ0n) is 24.7. The largest absolute Gasteiger partial charge is 0.507 e. The highest BCUT2D eigenvalue weighted by Gasteiger charge is 2.48.